The van der Waals surface area contributed by atoms with Crippen molar-refractivity contribution >= 4 is 42.4 Å². The number of amides is 3. The zero-order chi connectivity index (χ0) is 41.4. The molecule has 0 unspecified atom stereocenters. The molecule has 3 amide bonds. The van der Waals surface area contributed by atoms with Crippen LogP contribution in [0.3, 0.4) is 0 Å². The number of methoxy groups -OCH3 is 1. The van der Waals surface area contributed by atoms with Gasteiger partial charge in [-0.3, -0.25) is 14.4 Å². The highest BCUT2D eigenvalue weighted by Gasteiger charge is 2.66. The molecular weight excluding hydrogens is 745 g/mol. The van der Waals surface area contributed by atoms with Gasteiger partial charge in [-0.05, 0) is 87.0 Å². The van der Waals surface area contributed by atoms with Crippen LogP contribution in [-0.2, 0) is 37.7 Å². The molecule has 308 valence electrons. The summed E-state index contributed by atoms with van der Waals surface area (Å²) in [6.45, 7) is 15.2. The second kappa shape index (κ2) is 17.0. The van der Waals surface area contributed by atoms with Crippen LogP contribution in [0.1, 0.15) is 63.6 Å². The molecule has 7 rings (SSSR count). The van der Waals surface area contributed by atoms with E-state index in [-0.39, 0.29) is 54.8 Å². The molecular formula is C47H60N4O6Si. The summed E-state index contributed by atoms with van der Waals surface area (Å²) in [4.78, 5) is 48.9. The first-order chi connectivity index (χ1) is 27.8. The fourth-order valence-corrected chi connectivity index (χ4v) is 14.0. The number of ether oxygens (including phenoxy) is 2. The monoisotopic (exact) mass is 804 g/mol. The summed E-state index contributed by atoms with van der Waals surface area (Å²) >= 11 is 0. The second-order valence-electron chi connectivity index (χ2n) is 17.4. The highest BCUT2D eigenvalue weighted by atomic mass is 28.3. The number of carbonyl (C=O) groups excluding carboxylic acids is 3. The average Bonchev–Trinajstić information content (AvgIpc) is 3.64. The quantitative estimate of drug-likeness (QED) is 0.165. The molecule has 11 heteroatoms. The van der Waals surface area contributed by atoms with E-state index in [9.17, 15) is 14.7 Å². The number of allylic oxidation sites excluding steroid dienone is 3. The van der Waals surface area contributed by atoms with Crippen molar-refractivity contribution < 1.29 is 29.0 Å². The number of fused-ring (bicyclic) bond motifs is 3. The summed E-state index contributed by atoms with van der Waals surface area (Å²) in [6, 6.07) is 21.9. The van der Waals surface area contributed by atoms with E-state index in [0.717, 1.165) is 46.7 Å². The lowest BCUT2D eigenvalue weighted by molar-refractivity contribution is -0.150. The third-order valence-electron chi connectivity index (χ3n) is 13.2. The molecule has 58 heavy (non-hydrogen) atoms. The van der Waals surface area contributed by atoms with Crippen molar-refractivity contribution in [1.29, 1.82) is 0 Å². The zero-order valence-corrected chi connectivity index (χ0v) is 36.2. The van der Waals surface area contributed by atoms with Gasteiger partial charge in [0, 0.05) is 43.3 Å². The summed E-state index contributed by atoms with van der Waals surface area (Å²) in [5.74, 6) is 0.199. The summed E-state index contributed by atoms with van der Waals surface area (Å²) < 4.78 is 12.9. The Balaban J connectivity index is 1.32. The third-order valence-corrected chi connectivity index (χ3v) is 17.6. The fourth-order valence-electron chi connectivity index (χ4n) is 10.00. The van der Waals surface area contributed by atoms with E-state index in [1.165, 1.54) is 16.3 Å². The molecule has 5 atom stereocenters. The van der Waals surface area contributed by atoms with Gasteiger partial charge in [0.1, 0.15) is 5.75 Å². The predicted octanol–water partition coefficient (Wildman–Crippen LogP) is 6.22. The number of hydrogen-bond acceptors (Lipinski definition) is 7. The first kappa shape index (κ1) is 41.6. The van der Waals surface area contributed by atoms with Crippen molar-refractivity contribution in [2.24, 2.45) is 5.92 Å². The summed E-state index contributed by atoms with van der Waals surface area (Å²) in [7, 11) is -0.895. The second-order valence-corrected chi connectivity index (χ2v) is 22.1. The number of piperazine rings is 1. The maximum absolute atomic E-state index is 15.5. The fraction of sp³-hybridized carbons (Fsp3) is 0.468. The minimum Gasteiger partial charge on any atom is -0.497 e. The standard InChI is InChI=1S/C47H60N4O6Si/c1-31(2)11-10-12-32(3)21-23-50-41-20-15-36(49-24-22-48-28-44(49)54)26-40(41)47(46(50)55)33(4)45(58(6,7)39-18-16-38(56-5)17-19-39)42(57-47)27-43(53)51-29-35-14-9-8-13-34(35)25-37(51)30-52/h8-9,11,13-21,26,33,37,42,45,48,52H,10,12,22-25,27-30H2,1-7H3/b32-21+/t33-,37-,42+,45-,47+/m0/s1. The van der Waals surface area contributed by atoms with Gasteiger partial charge < -0.3 is 34.6 Å². The summed E-state index contributed by atoms with van der Waals surface area (Å²) in [5.41, 5.74) is 5.44. The molecule has 10 nitrogen and oxygen atoms in total. The number of carbonyl (C=O) groups is 3. The van der Waals surface area contributed by atoms with Crippen molar-refractivity contribution in [3.05, 3.63) is 107 Å². The molecule has 4 heterocycles. The van der Waals surface area contributed by atoms with Gasteiger partial charge in [-0.15, -0.1) is 0 Å². The smallest absolute Gasteiger partial charge is 0.264 e. The minimum absolute atomic E-state index is 0.0207. The van der Waals surface area contributed by atoms with Gasteiger partial charge in [-0.25, -0.2) is 0 Å². The predicted molar refractivity (Wildman–Crippen MR) is 232 cm³/mol. The van der Waals surface area contributed by atoms with Crippen molar-refractivity contribution in [3.8, 4) is 5.75 Å². The Morgan fingerprint density at radius 1 is 1.03 bits per heavy atom. The van der Waals surface area contributed by atoms with Crippen LogP contribution in [0.25, 0.3) is 0 Å². The van der Waals surface area contributed by atoms with Crippen molar-refractivity contribution in [2.45, 2.75) is 96.3 Å². The number of nitrogens with zero attached hydrogens (tertiary/aromatic N) is 3. The van der Waals surface area contributed by atoms with Crippen LogP contribution >= 0.6 is 0 Å². The number of anilines is 2. The summed E-state index contributed by atoms with van der Waals surface area (Å²) in [5, 5.41) is 14.9. The largest absolute Gasteiger partial charge is 0.497 e. The minimum atomic E-state index is -2.55. The van der Waals surface area contributed by atoms with Crippen LogP contribution in [0.5, 0.6) is 5.75 Å². The lowest BCUT2D eigenvalue weighted by atomic mass is 9.82. The molecule has 0 bridgehead atoms. The molecule has 2 N–H and O–H groups in total. The van der Waals surface area contributed by atoms with Crippen LogP contribution in [-0.4, -0.2) is 87.8 Å². The molecule has 0 aliphatic carbocycles. The van der Waals surface area contributed by atoms with Gasteiger partial charge in [-0.2, -0.15) is 0 Å². The number of aliphatic hydroxyl groups is 1. The molecule has 0 aromatic heterocycles. The van der Waals surface area contributed by atoms with Crippen LogP contribution < -0.4 is 25.0 Å². The third kappa shape index (κ3) is 7.69. The number of hydrogen-bond donors (Lipinski definition) is 2. The molecule has 3 aromatic carbocycles. The molecule has 2 fully saturated rings. The summed E-state index contributed by atoms with van der Waals surface area (Å²) in [6.07, 6.45) is 6.27. The van der Waals surface area contributed by atoms with E-state index in [2.05, 4.69) is 82.5 Å². The van der Waals surface area contributed by atoms with E-state index in [4.69, 9.17) is 9.47 Å². The van der Waals surface area contributed by atoms with Gasteiger partial charge in [0.2, 0.25) is 11.8 Å². The number of aliphatic hydroxyl groups excluding tert-OH is 1. The van der Waals surface area contributed by atoms with Crippen molar-refractivity contribution in [2.75, 3.05) is 49.7 Å². The van der Waals surface area contributed by atoms with Gasteiger partial charge in [0.15, 0.2) is 5.60 Å². The number of benzene rings is 3. The number of rotatable bonds is 12. The van der Waals surface area contributed by atoms with Gasteiger partial charge in [-0.1, -0.05) is 84.9 Å². The van der Waals surface area contributed by atoms with Gasteiger partial charge in [0.25, 0.3) is 5.91 Å². The Hall–Kier alpha value is -4.55. The molecule has 1 spiro atoms. The van der Waals surface area contributed by atoms with Gasteiger partial charge >= 0.3 is 0 Å². The maximum Gasteiger partial charge on any atom is 0.264 e. The molecule has 4 aliphatic heterocycles. The average molecular weight is 805 g/mol. The lowest BCUT2D eigenvalue weighted by Gasteiger charge is -2.39. The Morgan fingerprint density at radius 3 is 2.47 bits per heavy atom. The van der Waals surface area contributed by atoms with Crippen LogP contribution in [0.4, 0.5) is 11.4 Å². The van der Waals surface area contributed by atoms with E-state index < -0.39 is 19.8 Å². The molecule has 2 saturated heterocycles. The van der Waals surface area contributed by atoms with E-state index >= 15 is 4.79 Å². The van der Waals surface area contributed by atoms with Crippen LogP contribution in [0, 0.1) is 5.92 Å². The van der Waals surface area contributed by atoms with Crippen molar-refractivity contribution in [1.82, 2.24) is 10.2 Å². The Labute approximate surface area is 344 Å². The Morgan fingerprint density at radius 2 is 1.78 bits per heavy atom. The highest BCUT2D eigenvalue weighted by molar-refractivity contribution is 6.91. The first-order valence-corrected chi connectivity index (χ1v) is 23.9. The molecule has 4 aliphatic rings. The normalized spacial score (nSPS) is 24.6. The molecule has 0 saturated carbocycles. The highest BCUT2D eigenvalue weighted by Crippen LogP contribution is 2.60. The van der Waals surface area contributed by atoms with Gasteiger partial charge in [0.05, 0.1) is 52.6 Å². The zero-order valence-electron chi connectivity index (χ0n) is 35.2. The van der Waals surface area contributed by atoms with Crippen LogP contribution in [0.2, 0.25) is 18.6 Å². The Bertz CT molecular complexity index is 2090. The molecule has 3 aromatic rings. The van der Waals surface area contributed by atoms with E-state index in [0.29, 0.717) is 32.6 Å². The van der Waals surface area contributed by atoms with E-state index in [1.54, 1.807) is 12.0 Å². The molecule has 0 radical (unpaired) electrons. The SMILES string of the molecule is COc1ccc([Si](C)(C)[C@@H]2[C@@H](CC(=O)N3Cc4ccccc4C[C@H]3CO)O[C@]3(C(=O)N(C/C=C(\C)CCC=C(C)C)c4ccc(N5CCNCC5=O)cc43)[C@H]2C)cc1. The first-order valence-electron chi connectivity index (χ1n) is 20.9. The topological polar surface area (TPSA) is 112 Å². The van der Waals surface area contributed by atoms with Crippen LogP contribution in [0.15, 0.2) is 90.0 Å². The maximum atomic E-state index is 15.5. The Kier molecular flexibility index (Phi) is 12.2. The van der Waals surface area contributed by atoms with E-state index in [1.807, 2.05) is 52.3 Å². The van der Waals surface area contributed by atoms with Crippen molar-refractivity contribution in [3.63, 3.8) is 0 Å². The lowest BCUT2D eigenvalue weighted by Crippen LogP contribution is -2.52. The number of nitrogens with one attached hydrogen (secondary N) is 1.